The largest absolute Gasteiger partial charge is 0.407 e. The van der Waals surface area contributed by atoms with Crippen molar-refractivity contribution in [2.75, 3.05) is 4.90 Å². The summed E-state index contributed by atoms with van der Waals surface area (Å²) in [5, 5.41) is 0. The molecule has 4 rings (SSSR count). The quantitative estimate of drug-likeness (QED) is 0.437. The molecule has 0 aliphatic carbocycles. The van der Waals surface area contributed by atoms with Crippen molar-refractivity contribution >= 4 is 23.2 Å². The molecule has 0 aromatic heterocycles. The Kier molecular flexibility index (Phi) is 3.06. The van der Waals surface area contributed by atoms with Crippen LogP contribution in [0.3, 0.4) is 0 Å². The highest BCUT2D eigenvalue weighted by atomic mass is 19.4. The third-order valence-corrected chi connectivity index (χ3v) is 5.39. The van der Waals surface area contributed by atoms with Gasteiger partial charge in [0.05, 0.1) is 35.2 Å². The fourth-order valence-electron chi connectivity index (χ4n) is 4.27. The van der Waals surface area contributed by atoms with Crippen molar-refractivity contribution in [2.45, 2.75) is 31.2 Å². The standard InChI is InChI=1S/C18H13F3N2O3/c1-16-6-7-17(2,26-16)13-12(16)14(24)23(15(13)25)9-4-5-11(22-3)10(8-9)18(19,20)21/h4-8,12-13H,1-2H3/t12-,13+,16-,17+. The van der Waals surface area contributed by atoms with Gasteiger partial charge in [0.15, 0.2) is 5.69 Å². The summed E-state index contributed by atoms with van der Waals surface area (Å²) in [5.41, 5.74) is -3.84. The van der Waals surface area contributed by atoms with E-state index in [1.807, 2.05) is 0 Å². The van der Waals surface area contributed by atoms with Crippen LogP contribution in [-0.2, 0) is 20.5 Å². The summed E-state index contributed by atoms with van der Waals surface area (Å²) in [5.74, 6) is -2.72. The van der Waals surface area contributed by atoms with Crippen LogP contribution in [0.15, 0.2) is 30.4 Å². The third kappa shape index (κ3) is 1.95. The van der Waals surface area contributed by atoms with Crippen LogP contribution in [0.25, 0.3) is 4.85 Å². The molecule has 0 radical (unpaired) electrons. The number of carbonyl (C=O) groups is 2. The number of fused-ring (bicyclic) bond motifs is 5. The van der Waals surface area contributed by atoms with E-state index in [9.17, 15) is 22.8 Å². The molecule has 4 atom stereocenters. The van der Waals surface area contributed by atoms with Crippen molar-refractivity contribution in [2.24, 2.45) is 11.8 Å². The number of hydrogen-bond acceptors (Lipinski definition) is 3. The number of halogens is 3. The van der Waals surface area contributed by atoms with Crippen LogP contribution < -0.4 is 4.90 Å². The molecule has 0 N–H and O–H groups in total. The highest BCUT2D eigenvalue weighted by Gasteiger charge is 2.70. The number of rotatable bonds is 1. The Morgan fingerprint density at radius 1 is 1.12 bits per heavy atom. The molecule has 2 amide bonds. The van der Waals surface area contributed by atoms with Crippen molar-refractivity contribution in [1.29, 1.82) is 0 Å². The molecule has 3 heterocycles. The SMILES string of the molecule is [C-]#[N+]c1ccc(N2C(=O)[C@@H]3[C@H](C2=O)[C@@]2(C)C=C[C@]3(C)O2)cc1C(F)(F)F. The van der Waals surface area contributed by atoms with Crippen molar-refractivity contribution in [3.05, 3.63) is 47.3 Å². The summed E-state index contributed by atoms with van der Waals surface area (Å²) >= 11 is 0. The molecule has 1 aromatic carbocycles. The smallest absolute Gasteiger partial charge is 0.359 e. The number of carbonyl (C=O) groups excluding carboxylic acids is 2. The van der Waals surface area contributed by atoms with E-state index in [0.717, 1.165) is 11.0 Å². The molecule has 134 valence electrons. The summed E-state index contributed by atoms with van der Waals surface area (Å²) in [7, 11) is 0. The zero-order chi connectivity index (χ0) is 19.1. The number of amides is 2. The lowest BCUT2D eigenvalue weighted by atomic mass is 9.73. The highest BCUT2D eigenvalue weighted by molar-refractivity contribution is 6.23. The van der Waals surface area contributed by atoms with Crippen LogP contribution in [0, 0.1) is 18.4 Å². The van der Waals surface area contributed by atoms with E-state index in [2.05, 4.69) is 4.85 Å². The van der Waals surface area contributed by atoms with Crippen LogP contribution in [0.1, 0.15) is 19.4 Å². The second-order valence-electron chi connectivity index (χ2n) is 7.08. The maximum Gasteiger partial charge on any atom is 0.407 e. The number of anilines is 1. The van der Waals surface area contributed by atoms with Gasteiger partial charge in [-0.1, -0.05) is 18.2 Å². The lowest BCUT2D eigenvalue weighted by Gasteiger charge is -2.25. The van der Waals surface area contributed by atoms with E-state index >= 15 is 0 Å². The molecule has 8 heteroatoms. The van der Waals surface area contributed by atoms with E-state index in [1.54, 1.807) is 26.0 Å². The Bertz CT molecular complexity index is 897. The van der Waals surface area contributed by atoms with E-state index in [-0.39, 0.29) is 5.69 Å². The van der Waals surface area contributed by atoms with E-state index < -0.39 is 52.3 Å². The monoisotopic (exact) mass is 362 g/mol. The summed E-state index contributed by atoms with van der Waals surface area (Å²) < 4.78 is 45.5. The topological polar surface area (TPSA) is 51.0 Å². The molecular formula is C18H13F3N2O3. The van der Waals surface area contributed by atoms with Crippen LogP contribution in [0.4, 0.5) is 24.5 Å². The Morgan fingerprint density at radius 2 is 1.65 bits per heavy atom. The lowest BCUT2D eigenvalue weighted by molar-refractivity contribution is -0.137. The highest BCUT2D eigenvalue weighted by Crippen LogP contribution is 2.57. The summed E-state index contributed by atoms with van der Waals surface area (Å²) in [6.07, 6.45) is -1.31. The normalized spacial score (nSPS) is 35.2. The first-order valence-corrected chi connectivity index (χ1v) is 7.89. The minimum absolute atomic E-state index is 0.180. The number of benzene rings is 1. The first-order valence-electron chi connectivity index (χ1n) is 7.89. The summed E-state index contributed by atoms with van der Waals surface area (Å²) in [4.78, 5) is 29.5. The fourth-order valence-corrected chi connectivity index (χ4v) is 4.27. The van der Waals surface area contributed by atoms with Crippen LogP contribution in [0.5, 0.6) is 0 Å². The molecule has 2 saturated heterocycles. The number of imide groups is 1. The van der Waals surface area contributed by atoms with Gasteiger partial charge in [0.25, 0.3) is 0 Å². The van der Waals surface area contributed by atoms with Crippen molar-refractivity contribution in [1.82, 2.24) is 0 Å². The van der Waals surface area contributed by atoms with E-state index in [1.165, 1.54) is 6.07 Å². The number of ether oxygens (including phenoxy) is 1. The maximum atomic E-state index is 13.2. The zero-order valence-electron chi connectivity index (χ0n) is 13.8. The van der Waals surface area contributed by atoms with Gasteiger partial charge in [-0.25, -0.2) is 9.74 Å². The van der Waals surface area contributed by atoms with Crippen LogP contribution in [-0.4, -0.2) is 23.0 Å². The first-order chi connectivity index (χ1) is 12.0. The Balaban J connectivity index is 1.81. The molecule has 0 unspecified atom stereocenters. The van der Waals surface area contributed by atoms with Gasteiger partial charge in [0, 0.05) is 5.69 Å². The molecular weight excluding hydrogens is 349 g/mol. The molecule has 3 aliphatic rings. The summed E-state index contributed by atoms with van der Waals surface area (Å²) in [6, 6.07) is 2.86. The molecule has 5 nitrogen and oxygen atoms in total. The third-order valence-electron chi connectivity index (χ3n) is 5.39. The minimum atomic E-state index is -4.76. The van der Waals surface area contributed by atoms with Gasteiger partial charge in [0.2, 0.25) is 11.8 Å². The van der Waals surface area contributed by atoms with Gasteiger partial charge in [-0.2, -0.15) is 13.2 Å². The van der Waals surface area contributed by atoms with Gasteiger partial charge in [0.1, 0.15) is 0 Å². The van der Waals surface area contributed by atoms with Crippen LogP contribution in [0.2, 0.25) is 0 Å². The van der Waals surface area contributed by atoms with E-state index in [4.69, 9.17) is 11.3 Å². The van der Waals surface area contributed by atoms with Crippen LogP contribution >= 0.6 is 0 Å². The number of alkyl halides is 3. The van der Waals surface area contributed by atoms with Gasteiger partial charge >= 0.3 is 6.18 Å². The molecule has 1 aromatic rings. The molecule has 0 spiro atoms. The molecule has 3 aliphatic heterocycles. The van der Waals surface area contributed by atoms with Gasteiger partial charge < -0.3 is 4.74 Å². The van der Waals surface area contributed by atoms with Crippen molar-refractivity contribution in [3.63, 3.8) is 0 Å². The molecule has 0 saturated carbocycles. The second kappa shape index (κ2) is 4.74. The second-order valence-corrected chi connectivity index (χ2v) is 7.08. The first kappa shape index (κ1) is 16.8. The fraction of sp³-hybridized carbons (Fsp3) is 0.389. The molecule has 2 fully saturated rings. The minimum Gasteiger partial charge on any atom is -0.359 e. The van der Waals surface area contributed by atoms with E-state index in [0.29, 0.717) is 6.07 Å². The Morgan fingerprint density at radius 3 is 2.12 bits per heavy atom. The van der Waals surface area contributed by atoms with Gasteiger partial charge in [-0.3, -0.25) is 9.59 Å². The zero-order valence-corrected chi connectivity index (χ0v) is 13.8. The van der Waals surface area contributed by atoms with Gasteiger partial charge in [-0.05, 0) is 26.0 Å². The number of hydrogen-bond donors (Lipinski definition) is 0. The summed E-state index contributed by atoms with van der Waals surface area (Å²) in [6.45, 7) is 10.3. The maximum absolute atomic E-state index is 13.2. The van der Waals surface area contributed by atoms with Crippen molar-refractivity contribution in [3.8, 4) is 0 Å². The average Bonchev–Trinajstić information content (AvgIpc) is 3.10. The van der Waals surface area contributed by atoms with Gasteiger partial charge in [-0.15, -0.1) is 0 Å². The number of nitrogens with zero attached hydrogens (tertiary/aromatic N) is 2. The predicted octanol–water partition coefficient (Wildman–Crippen LogP) is 3.48. The Labute approximate surface area is 146 Å². The predicted molar refractivity (Wildman–Crippen MR) is 84.2 cm³/mol. The lowest BCUT2D eigenvalue weighted by Crippen LogP contribution is -2.39. The molecule has 26 heavy (non-hydrogen) atoms. The Hall–Kier alpha value is -2.66. The van der Waals surface area contributed by atoms with Crippen molar-refractivity contribution < 1.29 is 27.5 Å². The average molecular weight is 362 g/mol. The molecule has 2 bridgehead atoms.